The molecule has 0 radical (unpaired) electrons. The molecule has 1 aromatic heterocycles. The average Bonchev–Trinajstić information content (AvgIpc) is 2.77. The Hall–Kier alpha value is -1.22. The summed E-state index contributed by atoms with van der Waals surface area (Å²) in [6.45, 7) is 6.17. The van der Waals surface area contributed by atoms with Gasteiger partial charge in [0.05, 0.1) is 0 Å². The minimum absolute atomic E-state index is 0.292. The molecule has 2 saturated heterocycles. The number of piperazine rings is 1. The normalized spacial score (nSPS) is 24.2. The predicted octanol–water partition coefficient (Wildman–Crippen LogP) is 2.47. The number of likely N-dealkylation sites (N-methyl/N-ethyl adjacent to an activating group) is 1. The SMILES string of the molecule is CN1CCN(S(=O)(=O)c2ccc(NC3CCN(CC4CCCCC4)CC3)nc2)CC1. The van der Waals surface area contributed by atoms with E-state index in [9.17, 15) is 8.42 Å². The van der Waals surface area contributed by atoms with E-state index in [1.807, 2.05) is 13.1 Å². The minimum Gasteiger partial charge on any atom is -0.367 e. The van der Waals surface area contributed by atoms with Crippen LogP contribution in [0, 0.1) is 5.92 Å². The molecular formula is C22H37N5O2S. The first-order valence-corrected chi connectivity index (χ1v) is 13.1. The molecule has 3 heterocycles. The van der Waals surface area contributed by atoms with Gasteiger partial charge in [0.1, 0.15) is 10.7 Å². The van der Waals surface area contributed by atoms with Crippen LogP contribution in [-0.4, -0.2) is 86.4 Å². The summed E-state index contributed by atoms with van der Waals surface area (Å²) in [6.07, 6.45) is 10.8. The van der Waals surface area contributed by atoms with Gasteiger partial charge in [0.25, 0.3) is 0 Å². The lowest BCUT2D eigenvalue weighted by atomic mass is 9.88. The minimum atomic E-state index is -3.45. The first-order chi connectivity index (χ1) is 14.5. The Morgan fingerprint density at radius 1 is 0.967 bits per heavy atom. The Balaban J connectivity index is 1.26. The van der Waals surface area contributed by atoms with Crippen molar-refractivity contribution in [2.45, 2.75) is 55.9 Å². The second kappa shape index (κ2) is 9.94. The van der Waals surface area contributed by atoms with Crippen molar-refractivity contribution in [3.8, 4) is 0 Å². The Kier molecular flexibility index (Phi) is 7.28. The van der Waals surface area contributed by atoms with Crippen molar-refractivity contribution < 1.29 is 8.42 Å². The Morgan fingerprint density at radius 3 is 2.30 bits per heavy atom. The first kappa shape index (κ1) is 22.0. The Bertz CT molecular complexity index is 763. The van der Waals surface area contributed by atoms with Crippen LogP contribution in [0.5, 0.6) is 0 Å². The summed E-state index contributed by atoms with van der Waals surface area (Å²) in [5.74, 6) is 1.68. The van der Waals surface area contributed by atoms with E-state index in [4.69, 9.17) is 0 Å². The fourth-order valence-electron chi connectivity index (χ4n) is 5.00. The van der Waals surface area contributed by atoms with Gasteiger partial charge in [-0.2, -0.15) is 4.31 Å². The summed E-state index contributed by atoms with van der Waals surface area (Å²) < 4.78 is 27.2. The van der Waals surface area contributed by atoms with Crippen molar-refractivity contribution in [1.29, 1.82) is 0 Å². The highest BCUT2D eigenvalue weighted by atomic mass is 32.2. The first-order valence-electron chi connectivity index (χ1n) is 11.6. The van der Waals surface area contributed by atoms with E-state index in [1.54, 1.807) is 10.4 Å². The summed E-state index contributed by atoms with van der Waals surface area (Å²) in [5.41, 5.74) is 0. The molecule has 3 fully saturated rings. The zero-order chi connectivity index (χ0) is 21.0. The maximum absolute atomic E-state index is 12.8. The maximum atomic E-state index is 12.8. The van der Waals surface area contributed by atoms with Gasteiger partial charge >= 0.3 is 0 Å². The molecular weight excluding hydrogens is 398 g/mol. The molecule has 1 aromatic rings. The molecule has 0 amide bonds. The smallest absolute Gasteiger partial charge is 0.244 e. The highest BCUT2D eigenvalue weighted by molar-refractivity contribution is 7.89. The molecule has 4 rings (SSSR count). The topological polar surface area (TPSA) is 68.8 Å². The predicted molar refractivity (Wildman–Crippen MR) is 120 cm³/mol. The number of rotatable bonds is 6. The number of nitrogens with one attached hydrogen (secondary N) is 1. The summed E-state index contributed by atoms with van der Waals surface area (Å²) in [7, 11) is -1.43. The van der Waals surface area contributed by atoms with Gasteiger partial charge in [0.2, 0.25) is 10.0 Å². The van der Waals surface area contributed by atoms with E-state index in [2.05, 4.69) is 20.1 Å². The van der Waals surface area contributed by atoms with Gasteiger partial charge in [-0.15, -0.1) is 0 Å². The highest BCUT2D eigenvalue weighted by Crippen LogP contribution is 2.26. The van der Waals surface area contributed by atoms with E-state index in [0.29, 0.717) is 24.0 Å². The molecule has 1 saturated carbocycles. The molecule has 1 N–H and O–H groups in total. The van der Waals surface area contributed by atoms with Crippen LogP contribution in [0.3, 0.4) is 0 Å². The standard InChI is InChI=1S/C22H37N5O2S/c1-25-13-15-27(16-14-25)30(28,29)21-7-8-22(23-17-21)24-20-9-11-26(12-10-20)18-19-5-3-2-4-6-19/h7-8,17,19-20H,2-6,9-16,18H2,1H3,(H,23,24). The molecule has 0 spiro atoms. The fourth-order valence-corrected chi connectivity index (χ4v) is 6.37. The summed E-state index contributed by atoms with van der Waals surface area (Å²) >= 11 is 0. The Morgan fingerprint density at radius 2 is 1.67 bits per heavy atom. The van der Waals surface area contributed by atoms with Gasteiger partial charge in [0.15, 0.2) is 0 Å². The van der Waals surface area contributed by atoms with Crippen LogP contribution in [-0.2, 0) is 10.0 Å². The number of aromatic nitrogens is 1. The van der Waals surface area contributed by atoms with Crippen molar-refractivity contribution in [1.82, 2.24) is 19.1 Å². The maximum Gasteiger partial charge on any atom is 0.244 e. The van der Waals surface area contributed by atoms with Gasteiger partial charge in [-0.1, -0.05) is 19.3 Å². The van der Waals surface area contributed by atoms with Crippen LogP contribution in [0.4, 0.5) is 5.82 Å². The fraction of sp³-hybridized carbons (Fsp3) is 0.773. The lowest BCUT2D eigenvalue weighted by Gasteiger charge is -2.35. The number of anilines is 1. The number of nitrogens with zero attached hydrogens (tertiary/aromatic N) is 4. The molecule has 2 aliphatic heterocycles. The zero-order valence-corrected chi connectivity index (χ0v) is 19.1. The monoisotopic (exact) mass is 435 g/mol. The third-order valence-corrected chi connectivity index (χ3v) is 8.90. The Labute approximate surface area is 181 Å². The van der Waals surface area contributed by atoms with Crippen molar-refractivity contribution in [3.63, 3.8) is 0 Å². The highest BCUT2D eigenvalue weighted by Gasteiger charge is 2.28. The third-order valence-electron chi connectivity index (χ3n) is 7.02. The van der Waals surface area contributed by atoms with Crippen molar-refractivity contribution >= 4 is 15.8 Å². The van der Waals surface area contributed by atoms with Crippen molar-refractivity contribution in [3.05, 3.63) is 18.3 Å². The largest absolute Gasteiger partial charge is 0.367 e. The molecule has 8 heteroatoms. The number of hydrogen-bond donors (Lipinski definition) is 1. The average molecular weight is 436 g/mol. The molecule has 0 bridgehead atoms. The van der Waals surface area contributed by atoms with Crippen molar-refractivity contribution in [2.75, 3.05) is 58.2 Å². The number of piperidine rings is 1. The molecule has 3 aliphatic rings. The third kappa shape index (κ3) is 5.52. The second-order valence-electron chi connectivity index (χ2n) is 9.31. The van der Waals surface area contributed by atoms with Gasteiger partial charge in [-0.25, -0.2) is 13.4 Å². The molecule has 168 valence electrons. The van der Waals surface area contributed by atoms with Gasteiger partial charge < -0.3 is 15.1 Å². The molecule has 0 atom stereocenters. The van der Waals surface area contributed by atoms with Crippen LogP contribution >= 0.6 is 0 Å². The van der Waals surface area contributed by atoms with Crippen LogP contribution in [0.1, 0.15) is 44.9 Å². The van der Waals surface area contributed by atoms with Gasteiger partial charge in [0, 0.05) is 58.1 Å². The van der Waals surface area contributed by atoms with Crippen LogP contribution in [0.15, 0.2) is 23.2 Å². The summed E-state index contributed by atoms with van der Waals surface area (Å²) in [4.78, 5) is 9.49. The lowest BCUT2D eigenvalue weighted by Crippen LogP contribution is -2.47. The van der Waals surface area contributed by atoms with E-state index in [1.165, 1.54) is 44.8 Å². The van der Waals surface area contributed by atoms with E-state index >= 15 is 0 Å². The molecule has 7 nitrogen and oxygen atoms in total. The number of likely N-dealkylation sites (tertiary alicyclic amines) is 1. The van der Waals surface area contributed by atoms with Crippen molar-refractivity contribution in [2.24, 2.45) is 5.92 Å². The van der Waals surface area contributed by atoms with Crippen LogP contribution < -0.4 is 5.32 Å². The summed E-state index contributed by atoms with van der Waals surface area (Å²) in [5, 5.41) is 3.52. The zero-order valence-electron chi connectivity index (χ0n) is 18.3. The van der Waals surface area contributed by atoms with Crippen LogP contribution in [0.2, 0.25) is 0 Å². The van der Waals surface area contributed by atoms with E-state index < -0.39 is 10.0 Å². The van der Waals surface area contributed by atoms with E-state index in [0.717, 1.165) is 50.8 Å². The molecule has 0 aromatic carbocycles. The number of pyridine rings is 1. The molecule has 0 unspecified atom stereocenters. The number of hydrogen-bond acceptors (Lipinski definition) is 6. The molecule has 30 heavy (non-hydrogen) atoms. The quantitative estimate of drug-likeness (QED) is 0.740. The molecule has 1 aliphatic carbocycles. The van der Waals surface area contributed by atoms with E-state index in [-0.39, 0.29) is 0 Å². The summed E-state index contributed by atoms with van der Waals surface area (Å²) in [6, 6.07) is 3.93. The second-order valence-corrected chi connectivity index (χ2v) is 11.2. The van der Waals surface area contributed by atoms with Gasteiger partial charge in [-0.3, -0.25) is 0 Å². The van der Waals surface area contributed by atoms with Crippen LogP contribution in [0.25, 0.3) is 0 Å². The number of sulfonamides is 1. The van der Waals surface area contributed by atoms with Gasteiger partial charge in [-0.05, 0) is 50.8 Å². The lowest BCUT2D eigenvalue weighted by molar-refractivity contribution is 0.168.